The number of aryl methyl sites for hydroxylation is 1. The van der Waals surface area contributed by atoms with E-state index in [-0.39, 0.29) is 23.2 Å². The molecular formula is C26H31ClFN5O4S. The SMILES string of the molecule is CCOC(=O)C1=C(CN2CCSCC2CC(C)C(=O)O)NC(c2nccn2C)=N[C@H]1c1ccc(F)cc1Cl. The fourth-order valence-corrected chi connectivity index (χ4v) is 6.07. The van der Waals surface area contributed by atoms with Gasteiger partial charge in [0, 0.05) is 66.4 Å². The molecule has 2 aromatic rings. The number of benzene rings is 1. The third-order valence-corrected chi connectivity index (χ3v) is 8.09. The number of aliphatic imine (C=N–C) groups is 1. The molecule has 38 heavy (non-hydrogen) atoms. The van der Waals surface area contributed by atoms with Gasteiger partial charge < -0.3 is 19.7 Å². The number of aliphatic carboxylic acids is 1. The number of hydrogen-bond donors (Lipinski definition) is 2. The number of rotatable bonds is 9. The Morgan fingerprint density at radius 3 is 2.84 bits per heavy atom. The molecule has 0 bridgehead atoms. The first-order chi connectivity index (χ1) is 18.2. The predicted octanol–water partition coefficient (Wildman–Crippen LogP) is 3.65. The van der Waals surface area contributed by atoms with Crippen LogP contribution in [0.4, 0.5) is 4.39 Å². The number of thioether (sulfide) groups is 1. The van der Waals surface area contributed by atoms with Gasteiger partial charge >= 0.3 is 11.9 Å². The van der Waals surface area contributed by atoms with Crippen molar-refractivity contribution < 1.29 is 23.8 Å². The van der Waals surface area contributed by atoms with Crippen molar-refractivity contribution in [3.63, 3.8) is 0 Å². The van der Waals surface area contributed by atoms with Crippen molar-refractivity contribution in [3.8, 4) is 0 Å². The van der Waals surface area contributed by atoms with Gasteiger partial charge in [0.25, 0.3) is 0 Å². The average Bonchev–Trinajstić information content (AvgIpc) is 3.30. The van der Waals surface area contributed by atoms with E-state index in [0.29, 0.717) is 35.9 Å². The zero-order valence-corrected chi connectivity index (χ0v) is 23.1. The quantitative estimate of drug-likeness (QED) is 0.445. The lowest BCUT2D eigenvalue weighted by Crippen LogP contribution is -2.48. The molecule has 2 aliphatic heterocycles. The molecule has 12 heteroatoms. The first-order valence-corrected chi connectivity index (χ1v) is 13.9. The average molecular weight is 564 g/mol. The number of carbonyl (C=O) groups excluding carboxylic acids is 1. The summed E-state index contributed by atoms with van der Waals surface area (Å²) in [4.78, 5) is 36.4. The van der Waals surface area contributed by atoms with Gasteiger partial charge in [0.1, 0.15) is 11.9 Å². The number of halogens is 2. The third kappa shape index (κ3) is 6.22. The molecule has 1 fully saturated rings. The van der Waals surface area contributed by atoms with E-state index in [0.717, 1.165) is 18.1 Å². The Morgan fingerprint density at radius 1 is 1.39 bits per heavy atom. The molecule has 0 spiro atoms. The Kier molecular flexibility index (Phi) is 9.11. The van der Waals surface area contributed by atoms with Crippen LogP contribution in [0, 0.1) is 11.7 Å². The molecule has 3 atom stereocenters. The summed E-state index contributed by atoms with van der Waals surface area (Å²) in [6.45, 7) is 4.65. The van der Waals surface area contributed by atoms with Crippen LogP contribution in [0.15, 0.2) is 46.9 Å². The number of carboxylic acids is 1. The van der Waals surface area contributed by atoms with Crippen LogP contribution in [0.3, 0.4) is 0 Å². The maximum Gasteiger partial charge on any atom is 0.338 e. The number of amidine groups is 1. The lowest BCUT2D eigenvalue weighted by molar-refractivity contribution is -0.141. The molecule has 0 saturated carbocycles. The summed E-state index contributed by atoms with van der Waals surface area (Å²) in [6.07, 6.45) is 3.92. The maximum atomic E-state index is 13.9. The number of nitrogens with one attached hydrogen (secondary N) is 1. The Morgan fingerprint density at radius 2 is 2.18 bits per heavy atom. The first-order valence-electron chi connectivity index (χ1n) is 12.4. The Labute approximate surface area is 230 Å². The van der Waals surface area contributed by atoms with Crippen LogP contribution in [0.5, 0.6) is 0 Å². The van der Waals surface area contributed by atoms with Gasteiger partial charge in [-0.2, -0.15) is 11.8 Å². The van der Waals surface area contributed by atoms with E-state index in [1.165, 1.54) is 18.2 Å². The number of carboxylic acid groups (broad SMARTS) is 1. The molecule has 2 N–H and O–H groups in total. The molecule has 0 aliphatic carbocycles. The minimum Gasteiger partial charge on any atom is -0.481 e. The van der Waals surface area contributed by atoms with Gasteiger partial charge in [0.2, 0.25) is 0 Å². The highest BCUT2D eigenvalue weighted by Gasteiger charge is 2.36. The van der Waals surface area contributed by atoms with Crippen LogP contribution in [0.25, 0.3) is 0 Å². The highest BCUT2D eigenvalue weighted by atomic mass is 35.5. The Hall–Kier alpha value is -2.89. The van der Waals surface area contributed by atoms with Crippen molar-refractivity contribution in [2.45, 2.75) is 32.4 Å². The molecule has 1 saturated heterocycles. The highest BCUT2D eigenvalue weighted by molar-refractivity contribution is 7.99. The van der Waals surface area contributed by atoms with Gasteiger partial charge in [-0.1, -0.05) is 24.6 Å². The number of imidazole rings is 1. The highest BCUT2D eigenvalue weighted by Crippen LogP contribution is 2.37. The largest absolute Gasteiger partial charge is 0.481 e. The second-order valence-corrected chi connectivity index (χ2v) is 10.9. The monoisotopic (exact) mass is 563 g/mol. The third-order valence-electron chi connectivity index (χ3n) is 6.67. The second kappa shape index (κ2) is 12.3. The topological polar surface area (TPSA) is 109 Å². The number of hydrogen-bond acceptors (Lipinski definition) is 8. The van der Waals surface area contributed by atoms with Crippen LogP contribution in [-0.4, -0.2) is 74.6 Å². The molecule has 1 aromatic heterocycles. The predicted molar refractivity (Wildman–Crippen MR) is 145 cm³/mol. The van der Waals surface area contributed by atoms with E-state index < -0.39 is 29.7 Å². The molecule has 2 aliphatic rings. The van der Waals surface area contributed by atoms with Crippen molar-refractivity contribution in [2.75, 3.05) is 31.2 Å². The molecule has 3 heterocycles. The first kappa shape index (κ1) is 28.1. The van der Waals surface area contributed by atoms with Gasteiger partial charge in [-0.3, -0.25) is 14.7 Å². The fourth-order valence-electron chi connectivity index (χ4n) is 4.65. The summed E-state index contributed by atoms with van der Waals surface area (Å²) in [5.41, 5.74) is 1.32. The number of aromatic nitrogens is 2. The zero-order valence-electron chi connectivity index (χ0n) is 21.5. The van der Waals surface area contributed by atoms with Crippen LogP contribution in [0.2, 0.25) is 5.02 Å². The van der Waals surface area contributed by atoms with E-state index in [2.05, 4.69) is 15.2 Å². The number of nitrogens with zero attached hydrogens (tertiary/aromatic N) is 4. The van der Waals surface area contributed by atoms with Gasteiger partial charge in [-0.05, 0) is 25.5 Å². The Bertz CT molecular complexity index is 1270. The maximum absolute atomic E-state index is 13.9. The number of ether oxygens (including phenoxy) is 1. The van der Waals surface area contributed by atoms with E-state index in [1.54, 1.807) is 42.6 Å². The summed E-state index contributed by atoms with van der Waals surface area (Å²) >= 11 is 8.26. The smallest absolute Gasteiger partial charge is 0.338 e. The summed E-state index contributed by atoms with van der Waals surface area (Å²) in [7, 11) is 1.84. The lowest BCUT2D eigenvalue weighted by atomic mass is 9.94. The van der Waals surface area contributed by atoms with Crippen molar-refractivity contribution in [2.24, 2.45) is 18.0 Å². The van der Waals surface area contributed by atoms with E-state index in [1.807, 2.05) is 7.05 Å². The van der Waals surface area contributed by atoms with Crippen molar-refractivity contribution >= 4 is 41.1 Å². The van der Waals surface area contributed by atoms with E-state index in [9.17, 15) is 19.1 Å². The van der Waals surface area contributed by atoms with E-state index >= 15 is 0 Å². The van der Waals surface area contributed by atoms with E-state index in [4.69, 9.17) is 21.3 Å². The van der Waals surface area contributed by atoms with Crippen LogP contribution in [0.1, 0.15) is 37.7 Å². The van der Waals surface area contributed by atoms with Gasteiger partial charge in [-0.25, -0.2) is 14.2 Å². The fraction of sp³-hybridized carbons (Fsp3) is 0.462. The van der Waals surface area contributed by atoms with Crippen LogP contribution < -0.4 is 5.32 Å². The Balaban J connectivity index is 1.80. The molecule has 204 valence electrons. The standard InChI is InChI=1S/C26H31ClFN5O4S/c1-4-37-26(36)21-20(13-33-9-10-38-14-17(33)11-15(2)25(34)35)30-23(24-29-7-8-32(24)3)31-22(21)18-6-5-16(28)12-19(18)27/h5-8,12,15,17,22H,4,9-11,13-14H2,1-3H3,(H,30,31)(H,34,35)/t15?,17?,22-/m0/s1. The molecule has 0 amide bonds. The number of carbonyl (C=O) groups is 2. The number of esters is 1. The molecule has 4 rings (SSSR count). The lowest BCUT2D eigenvalue weighted by Gasteiger charge is -2.38. The van der Waals surface area contributed by atoms with Crippen LogP contribution in [-0.2, 0) is 21.4 Å². The van der Waals surface area contributed by atoms with Crippen molar-refractivity contribution in [1.29, 1.82) is 0 Å². The second-order valence-electron chi connectivity index (χ2n) is 9.32. The van der Waals surface area contributed by atoms with Gasteiger partial charge in [0.15, 0.2) is 11.7 Å². The molecule has 9 nitrogen and oxygen atoms in total. The van der Waals surface area contributed by atoms with Gasteiger partial charge in [-0.15, -0.1) is 0 Å². The van der Waals surface area contributed by atoms with Crippen LogP contribution >= 0.6 is 23.4 Å². The minimum atomic E-state index is -0.861. The van der Waals surface area contributed by atoms with Gasteiger partial charge in [0.05, 0.1) is 18.1 Å². The molecular weight excluding hydrogens is 533 g/mol. The summed E-state index contributed by atoms with van der Waals surface area (Å²) in [5.74, 6) is 0.272. The molecule has 0 radical (unpaired) electrons. The summed E-state index contributed by atoms with van der Waals surface area (Å²) in [5, 5.41) is 13.0. The summed E-state index contributed by atoms with van der Waals surface area (Å²) in [6, 6.07) is 3.15. The zero-order chi connectivity index (χ0) is 27.4. The van der Waals surface area contributed by atoms with Crippen molar-refractivity contribution in [3.05, 3.63) is 64.1 Å². The minimum absolute atomic E-state index is 0.000862. The normalized spacial score (nSPS) is 21.0. The molecule has 2 unspecified atom stereocenters. The molecule has 1 aromatic carbocycles. The summed E-state index contributed by atoms with van der Waals surface area (Å²) < 4.78 is 21.2. The van der Waals surface area contributed by atoms with Crippen molar-refractivity contribution in [1.82, 2.24) is 19.8 Å².